The van der Waals surface area contributed by atoms with Crippen LogP contribution in [-0.2, 0) is 16.1 Å². The number of nitro groups is 1. The number of guanidine groups is 1. The molecule has 9 nitrogen and oxygen atoms in total. The third-order valence-corrected chi connectivity index (χ3v) is 4.86. The predicted molar refractivity (Wildman–Crippen MR) is 97.7 cm³/mol. The van der Waals surface area contributed by atoms with Crippen LogP contribution in [-0.4, -0.2) is 59.7 Å². The molecule has 9 heteroatoms. The first kappa shape index (κ1) is 19.1. The molecule has 1 unspecified atom stereocenters. The maximum absolute atomic E-state index is 12.5. The number of aryl methyl sites for hydroxylation is 2. The van der Waals surface area contributed by atoms with Gasteiger partial charge in [0.15, 0.2) is 5.03 Å². The second-order valence-electron chi connectivity index (χ2n) is 6.95. The molecule has 146 valence electrons. The van der Waals surface area contributed by atoms with Gasteiger partial charge in [0.25, 0.3) is 5.96 Å². The fraction of sp³-hybridized carbons (Fsp3) is 0.556. The van der Waals surface area contributed by atoms with E-state index in [2.05, 4.69) is 5.10 Å². The topological polar surface area (TPSA) is 97.5 Å². The highest BCUT2D eigenvalue weighted by Gasteiger charge is 2.36. The van der Waals surface area contributed by atoms with E-state index in [1.54, 1.807) is 4.90 Å². The molecule has 1 aromatic carbocycles. The van der Waals surface area contributed by atoms with Gasteiger partial charge in [-0.2, -0.15) is 0 Å². The number of rotatable bonds is 5. The molecule has 27 heavy (non-hydrogen) atoms. The molecule has 0 radical (unpaired) electrons. The number of ether oxygens (including phenoxy) is 2. The lowest BCUT2D eigenvalue weighted by molar-refractivity contribution is -0.486. The quantitative estimate of drug-likeness (QED) is 0.577. The molecular weight excluding hydrogens is 352 g/mol. The van der Waals surface area contributed by atoms with Crippen molar-refractivity contribution in [1.29, 1.82) is 0 Å². The SMILES string of the molecule is Cc1ccc(COC(=O)N2CCN(CC3CCOC3)C2=N[N+](=O)[O-])c(C)c1. The summed E-state index contributed by atoms with van der Waals surface area (Å²) in [5.41, 5.74) is 3.07. The van der Waals surface area contributed by atoms with Crippen molar-refractivity contribution in [3.63, 3.8) is 0 Å². The van der Waals surface area contributed by atoms with Gasteiger partial charge in [-0.25, -0.2) is 19.8 Å². The first-order valence-electron chi connectivity index (χ1n) is 9.00. The second-order valence-corrected chi connectivity index (χ2v) is 6.95. The molecule has 3 rings (SSSR count). The second kappa shape index (κ2) is 8.34. The molecule has 2 aliphatic rings. The average Bonchev–Trinajstić information content (AvgIpc) is 3.25. The van der Waals surface area contributed by atoms with Crippen LogP contribution in [0.25, 0.3) is 0 Å². The Bertz CT molecular complexity index is 745. The van der Waals surface area contributed by atoms with E-state index in [-0.39, 0.29) is 18.5 Å². The summed E-state index contributed by atoms with van der Waals surface area (Å²) in [6.45, 7) is 6.76. The summed E-state index contributed by atoms with van der Waals surface area (Å²) in [5, 5.41) is 13.6. The summed E-state index contributed by atoms with van der Waals surface area (Å²) in [4.78, 5) is 26.5. The average molecular weight is 376 g/mol. The van der Waals surface area contributed by atoms with Gasteiger partial charge in [-0.15, -0.1) is 0 Å². The van der Waals surface area contributed by atoms with Crippen LogP contribution < -0.4 is 0 Å². The van der Waals surface area contributed by atoms with Gasteiger partial charge in [0.1, 0.15) is 11.7 Å². The number of hydrogen-bond donors (Lipinski definition) is 0. The number of hydrazone groups is 1. The van der Waals surface area contributed by atoms with Crippen molar-refractivity contribution in [3.8, 4) is 0 Å². The van der Waals surface area contributed by atoms with Gasteiger partial charge in [0.05, 0.1) is 13.2 Å². The summed E-state index contributed by atoms with van der Waals surface area (Å²) >= 11 is 0. The molecular formula is C18H24N4O5. The van der Waals surface area contributed by atoms with Gasteiger partial charge in [-0.3, -0.25) is 0 Å². The molecule has 0 bridgehead atoms. The highest BCUT2D eigenvalue weighted by atomic mass is 16.7. The zero-order valence-corrected chi connectivity index (χ0v) is 15.6. The monoisotopic (exact) mass is 376 g/mol. The van der Waals surface area contributed by atoms with Crippen molar-refractivity contribution in [1.82, 2.24) is 9.80 Å². The smallest absolute Gasteiger partial charge is 0.417 e. The molecule has 0 spiro atoms. The minimum absolute atomic E-state index is 0.0394. The Hall–Kier alpha value is -2.68. The third-order valence-electron chi connectivity index (χ3n) is 4.86. The minimum atomic E-state index is -0.775. The summed E-state index contributed by atoms with van der Waals surface area (Å²) in [6.07, 6.45) is 0.278. The summed E-state index contributed by atoms with van der Waals surface area (Å²) in [6, 6.07) is 5.89. The Labute approximate surface area is 157 Å². The molecule has 2 heterocycles. The Morgan fingerprint density at radius 2 is 2.22 bits per heavy atom. The molecule has 0 aromatic heterocycles. The summed E-state index contributed by atoms with van der Waals surface area (Å²) in [5.74, 6) is 0.325. The van der Waals surface area contributed by atoms with Crippen molar-refractivity contribution < 1.29 is 19.3 Å². The van der Waals surface area contributed by atoms with Gasteiger partial charge in [0.2, 0.25) is 0 Å². The van der Waals surface area contributed by atoms with Gasteiger partial charge >= 0.3 is 6.09 Å². The van der Waals surface area contributed by atoms with E-state index >= 15 is 0 Å². The Kier molecular flexibility index (Phi) is 5.90. The van der Waals surface area contributed by atoms with Gasteiger partial charge in [-0.1, -0.05) is 23.8 Å². The molecule has 0 aliphatic carbocycles. The molecule has 0 N–H and O–H groups in total. The molecule has 2 aliphatic heterocycles. The van der Waals surface area contributed by atoms with Gasteiger partial charge in [-0.05, 0) is 31.4 Å². The molecule has 1 aromatic rings. The first-order chi connectivity index (χ1) is 12.9. The largest absolute Gasteiger partial charge is 0.444 e. The lowest BCUT2D eigenvalue weighted by Gasteiger charge is -2.21. The standard InChI is InChI=1S/C18H24N4O5/c1-13-3-4-16(14(2)9-13)12-27-18(23)21-7-6-20(17(21)19-22(24)25)10-15-5-8-26-11-15/h3-4,9,15H,5-8,10-12H2,1-2H3. The highest BCUT2D eigenvalue weighted by molar-refractivity contribution is 5.95. The van der Waals surface area contributed by atoms with Crippen LogP contribution in [0.5, 0.6) is 0 Å². The lowest BCUT2D eigenvalue weighted by atomic mass is 10.1. The first-order valence-corrected chi connectivity index (χ1v) is 9.00. The summed E-state index contributed by atoms with van der Waals surface area (Å²) < 4.78 is 10.8. The van der Waals surface area contributed by atoms with E-state index in [1.165, 1.54) is 4.90 Å². The molecule has 0 saturated carbocycles. The minimum Gasteiger partial charge on any atom is -0.444 e. The molecule has 2 saturated heterocycles. The van der Waals surface area contributed by atoms with Gasteiger partial charge in [0, 0.05) is 25.6 Å². The normalized spacial score (nSPS) is 21.1. The van der Waals surface area contributed by atoms with Crippen molar-refractivity contribution in [2.75, 3.05) is 32.8 Å². The number of benzene rings is 1. The number of carbonyl (C=O) groups excluding carboxylic acids is 1. The van der Waals surface area contributed by atoms with E-state index in [0.717, 1.165) is 23.1 Å². The zero-order chi connectivity index (χ0) is 19.4. The van der Waals surface area contributed by atoms with Crippen LogP contribution in [0.1, 0.15) is 23.1 Å². The van der Waals surface area contributed by atoms with E-state index in [1.807, 2.05) is 32.0 Å². The van der Waals surface area contributed by atoms with Crippen molar-refractivity contribution in [2.24, 2.45) is 11.0 Å². The Balaban J connectivity index is 1.66. The molecule has 2 fully saturated rings. The van der Waals surface area contributed by atoms with Crippen LogP contribution in [0.4, 0.5) is 4.79 Å². The lowest BCUT2D eigenvalue weighted by Crippen LogP contribution is -2.40. The van der Waals surface area contributed by atoms with Crippen LogP contribution in [0.2, 0.25) is 0 Å². The highest BCUT2D eigenvalue weighted by Crippen LogP contribution is 2.19. The Morgan fingerprint density at radius 3 is 2.89 bits per heavy atom. The maximum atomic E-state index is 12.5. The fourth-order valence-electron chi connectivity index (χ4n) is 3.39. The third kappa shape index (κ3) is 4.73. The van der Waals surface area contributed by atoms with Crippen LogP contribution in [0.3, 0.4) is 0 Å². The van der Waals surface area contributed by atoms with E-state index in [0.29, 0.717) is 32.8 Å². The molecule has 1 amide bonds. The number of nitrogens with zero attached hydrogens (tertiary/aromatic N) is 4. The summed E-state index contributed by atoms with van der Waals surface area (Å²) in [7, 11) is 0. The van der Waals surface area contributed by atoms with Crippen molar-refractivity contribution in [3.05, 3.63) is 45.0 Å². The number of carbonyl (C=O) groups is 1. The van der Waals surface area contributed by atoms with Gasteiger partial charge < -0.3 is 14.4 Å². The maximum Gasteiger partial charge on any atom is 0.417 e. The molecule has 1 atom stereocenters. The van der Waals surface area contributed by atoms with Crippen LogP contribution in [0.15, 0.2) is 23.3 Å². The van der Waals surface area contributed by atoms with E-state index in [4.69, 9.17) is 9.47 Å². The Morgan fingerprint density at radius 1 is 1.41 bits per heavy atom. The van der Waals surface area contributed by atoms with E-state index < -0.39 is 11.1 Å². The zero-order valence-electron chi connectivity index (χ0n) is 15.6. The van der Waals surface area contributed by atoms with Crippen LogP contribution >= 0.6 is 0 Å². The number of amides is 1. The van der Waals surface area contributed by atoms with Crippen molar-refractivity contribution >= 4 is 12.1 Å². The van der Waals surface area contributed by atoms with E-state index in [9.17, 15) is 14.9 Å². The number of hydrogen-bond acceptors (Lipinski definition) is 5. The fourth-order valence-corrected chi connectivity index (χ4v) is 3.39. The van der Waals surface area contributed by atoms with Crippen molar-refractivity contribution in [2.45, 2.75) is 26.9 Å². The predicted octanol–water partition coefficient (Wildman–Crippen LogP) is 2.14. The van der Waals surface area contributed by atoms with Crippen LogP contribution in [0, 0.1) is 29.9 Å².